The second-order valence-corrected chi connectivity index (χ2v) is 12.7. The van der Waals surface area contributed by atoms with E-state index in [4.69, 9.17) is 0 Å². The number of thiazole rings is 1. The largest absolute Gasteiger partial charge is 0.325 e. The predicted octanol–water partition coefficient (Wildman–Crippen LogP) is 4.31. The fraction of sp³-hybridized carbons (Fsp3) is 0.346. The molecule has 190 valence electrons. The number of fused-ring (bicyclic) bond motifs is 1. The van der Waals surface area contributed by atoms with Crippen molar-refractivity contribution >= 4 is 43.9 Å². The molecular weight excluding hydrogens is 496 g/mol. The highest BCUT2D eigenvalue weighted by Gasteiger charge is 2.34. The summed E-state index contributed by atoms with van der Waals surface area (Å²) < 4.78 is 27.5. The highest BCUT2D eigenvalue weighted by molar-refractivity contribution is 7.93. The van der Waals surface area contributed by atoms with Crippen molar-refractivity contribution in [2.45, 2.75) is 51.1 Å². The number of aromatic nitrogens is 1. The Bertz CT molecular complexity index is 1330. The Labute approximate surface area is 215 Å². The summed E-state index contributed by atoms with van der Waals surface area (Å²) in [6.07, 6.45) is 2.53. The summed E-state index contributed by atoms with van der Waals surface area (Å²) in [5.41, 5.74) is 2.60. The lowest BCUT2D eigenvalue weighted by Gasteiger charge is -2.36. The minimum atomic E-state index is -3.77. The van der Waals surface area contributed by atoms with Crippen LogP contribution in [0.2, 0.25) is 0 Å². The van der Waals surface area contributed by atoms with Gasteiger partial charge >= 0.3 is 0 Å². The molecule has 1 aromatic heterocycles. The van der Waals surface area contributed by atoms with Crippen LogP contribution in [-0.4, -0.2) is 42.6 Å². The first-order valence-electron chi connectivity index (χ1n) is 11.7. The molecule has 1 unspecified atom stereocenters. The van der Waals surface area contributed by atoms with Crippen molar-refractivity contribution in [1.29, 1.82) is 0 Å². The number of carbonyl (C=O) groups is 2. The lowest BCUT2D eigenvalue weighted by Crippen LogP contribution is -2.49. The zero-order valence-electron chi connectivity index (χ0n) is 20.5. The Morgan fingerprint density at radius 3 is 2.42 bits per heavy atom. The molecule has 1 atom stereocenters. The van der Waals surface area contributed by atoms with Crippen LogP contribution in [0.5, 0.6) is 0 Å². The van der Waals surface area contributed by atoms with Crippen LogP contribution in [0.4, 0.5) is 10.8 Å². The van der Waals surface area contributed by atoms with Gasteiger partial charge in [0.1, 0.15) is 0 Å². The predicted molar refractivity (Wildman–Crippen MR) is 141 cm³/mol. The summed E-state index contributed by atoms with van der Waals surface area (Å²) >= 11 is 1.19. The van der Waals surface area contributed by atoms with Crippen LogP contribution >= 0.6 is 11.3 Å². The molecule has 1 amide bonds. The van der Waals surface area contributed by atoms with Crippen LogP contribution in [0.25, 0.3) is 0 Å². The summed E-state index contributed by atoms with van der Waals surface area (Å²) in [5.74, 6) is -0.133. The number of carbonyl (C=O) groups excluding carboxylic acids is 2. The number of sulfonamides is 1. The van der Waals surface area contributed by atoms with Crippen molar-refractivity contribution in [3.63, 3.8) is 0 Å². The third kappa shape index (κ3) is 6.57. The molecule has 8 nitrogen and oxygen atoms in total. The van der Waals surface area contributed by atoms with Gasteiger partial charge in [-0.3, -0.25) is 19.2 Å². The number of nitrogens with zero attached hydrogens (tertiary/aromatic N) is 2. The van der Waals surface area contributed by atoms with Crippen LogP contribution in [0.3, 0.4) is 0 Å². The molecule has 10 heteroatoms. The van der Waals surface area contributed by atoms with Crippen LogP contribution in [0.15, 0.2) is 65.0 Å². The molecule has 4 rings (SSSR count). The number of nitrogens with one attached hydrogen (secondary N) is 2. The second kappa shape index (κ2) is 10.5. The van der Waals surface area contributed by atoms with Crippen LogP contribution in [0.1, 0.15) is 38.3 Å². The van der Waals surface area contributed by atoms with Crippen LogP contribution < -0.4 is 10.0 Å². The van der Waals surface area contributed by atoms with Gasteiger partial charge in [0.25, 0.3) is 10.0 Å². The molecule has 0 spiro atoms. The molecule has 2 N–H and O–H groups in total. The minimum absolute atomic E-state index is 0.0561. The first kappa shape index (κ1) is 26.0. The molecule has 0 saturated carbocycles. The zero-order chi connectivity index (χ0) is 25.9. The van der Waals surface area contributed by atoms with Crippen LogP contribution in [0, 0.1) is 5.41 Å². The van der Waals surface area contributed by atoms with Crippen molar-refractivity contribution in [1.82, 2.24) is 9.88 Å². The van der Waals surface area contributed by atoms with Gasteiger partial charge in [0.05, 0.1) is 17.5 Å². The highest BCUT2D eigenvalue weighted by Crippen LogP contribution is 2.28. The maximum atomic E-state index is 13.2. The van der Waals surface area contributed by atoms with Crippen molar-refractivity contribution in [3.8, 4) is 0 Å². The Balaban J connectivity index is 1.44. The number of ketones is 1. The molecule has 0 fully saturated rings. The van der Waals surface area contributed by atoms with Crippen molar-refractivity contribution in [2.75, 3.05) is 16.6 Å². The molecule has 1 aliphatic heterocycles. The molecular formula is C26H30N4O4S2. The molecule has 36 heavy (non-hydrogen) atoms. The summed E-state index contributed by atoms with van der Waals surface area (Å²) in [6, 6.07) is 13.6. The average molecular weight is 527 g/mol. The monoisotopic (exact) mass is 526 g/mol. The van der Waals surface area contributed by atoms with Gasteiger partial charge in [-0.15, -0.1) is 11.3 Å². The van der Waals surface area contributed by atoms with Gasteiger partial charge in [-0.05, 0) is 47.2 Å². The lowest BCUT2D eigenvalue weighted by atomic mass is 9.84. The minimum Gasteiger partial charge on any atom is -0.325 e. The van der Waals surface area contributed by atoms with Crippen molar-refractivity contribution < 1.29 is 18.0 Å². The molecule has 2 heterocycles. The maximum absolute atomic E-state index is 13.2. The fourth-order valence-electron chi connectivity index (χ4n) is 4.25. The quantitative estimate of drug-likeness (QED) is 0.453. The standard InChI is InChI=1S/C26H30N4O4S2/c1-26(2,3)15-23(31)22-14-18-6-4-5-7-19(18)16-30(22)17-24(32)28-20-8-10-21(11-9-20)36(33,34)29-25-27-12-13-35-25/h4-13,22H,14-17H2,1-3H3,(H,27,29)(H,28,32). The number of amides is 1. The first-order valence-corrected chi connectivity index (χ1v) is 14.0. The average Bonchev–Trinajstić information content (AvgIpc) is 3.30. The van der Waals surface area contributed by atoms with Gasteiger partial charge < -0.3 is 5.32 Å². The van der Waals surface area contributed by atoms with E-state index >= 15 is 0 Å². The first-order chi connectivity index (χ1) is 17.0. The SMILES string of the molecule is CC(C)(C)CC(=O)C1Cc2ccccc2CN1CC(=O)Nc1ccc(S(=O)(=O)Nc2nccs2)cc1. The van der Waals surface area contributed by atoms with E-state index in [0.717, 1.165) is 11.1 Å². The lowest BCUT2D eigenvalue weighted by molar-refractivity contribution is -0.128. The molecule has 1 aliphatic rings. The maximum Gasteiger partial charge on any atom is 0.263 e. The Kier molecular flexibility index (Phi) is 7.58. The summed E-state index contributed by atoms with van der Waals surface area (Å²) in [4.78, 5) is 32.0. The summed E-state index contributed by atoms with van der Waals surface area (Å²) in [5, 5.41) is 4.79. The normalized spacial score (nSPS) is 16.2. The van der Waals surface area contributed by atoms with E-state index in [2.05, 4.69) is 15.0 Å². The van der Waals surface area contributed by atoms with Crippen molar-refractivity contribution in [3.05, 3.63) is 71.2 Å². The molecule has 0 saturated heterocycles. The van der Waals surface area contributed by atoms with Gasteiger partial charge in [0, 0.05) is 30.2 Å². The smallest absolute Gasteiger partial charge is 0.263 e. The molecule has 0 aliphatic carbocycles. The highest BCUT2D eigenvalue weighted by atomic mass is 32.2. The van der Waals surface area contributed by atoms with E-state index in [1.807, 2.05) is 49.9 Å². The van der Waals surface area contributed by atoms with Gasteiger partial charge in [0.15, 0.2) is 10.9 Å². The third-order valence-electron chi connectivity index (χ3n) is 5.87. The number of anilines is 2. The topological polar surface area (TPSA) is 108 Å². The molecule has 3 aromatic rings. The third-order valence-corrected chi connectivity index (χ3v) is 8.04. The van der Waals surface area contributed by atoms with E-state index in [1.54, 1.807) is 17.5 Å². The van der Waals surface area contributed by atoms with Crippen molar-refractivity contribution in [2.24, 2.45) is 5.41 Å². The number of hydrogen-bond acceptors (Lipinski definition) is 7. The Hall–Kier alpha value is -3.08. The van der Waals surface area contributed by atoms with Gasteiger partial charge in [-0.25, -0.2) is 13.4 Å². The van der Waals surface area contributed by atoms with Gasteiger partial charge in [0.2, 0.25) is 5.91 Å². The Morgan fingerprint density at radius 2 is 1.78 bits per heavy atom. The summed E-state index contributed by atoms with van der Waals surface area (Å²) in [7, 11) is -3.77. The summed E-state index contributed by atoms with van der Waals surface area (Å²) in [6.45, 7) is 6.68. The van der Waals surface area contributed by atoms with E-state index < -0.39 is 10.0 Å². The number of rotatable bonds is 8. The number of benzene rings is 2. The van der Waals surface area contributed by atoms with E-state index in [9.17, 15) is 18.0 Å². The van der Waals surface area contributed by atoms with Gasteiger partial charge in [-0.1, -0.05) is 45.0 Å². The second-order valence-electron chi connectivity index (χ2n) is 10.1. The van der Waals surface area contributed by atoms with E-state index in [-0.39, 0.29) is 39.7 Å². The Morgan fingerprint density at radius 1 is 1.08 bits per heavy atom. The van der Waals surface area contributed by atoms with E-state index in [0.29, 0.717) is 25.1 Å². The zero-order valence-corrected chi connectivity index (χ0v) is 22.2. The number of hydrogen-bond donors (Lipinski definition) is 2. The van der Waals surface area contributed by atoms with E-state index in [1.165, 1.54) is 29.7 Å². The molecule has 0 bridgehead atoms. The van der Waals surface area contributed by atoms with Gasteiger partial charge in [-0.2, -0.15) is 0 Å². The molecule has 0 radical (unpaired) electrons. The fourth-order valence-corrected chi connectivity index (χ4v) is 6.04. The molecule has 2 aromatic carbocycles. The number of Topliss-reactive ketones (excluding diaryl/α,β-unsaturated/α-hetero) is 1. The van der Waals surface area contributed by atoms with Crippen LogP contribution in [-0.2, 0) is 32.6 Å².